The first-order valence-corrected chi connectivity index (χ1v) is 10.1. The maximum atomic E-state index is 12.6. The van der Waals surface area contributed by atoms with Crippen molar-refractivity contribution in [3.05, 3.63) is 106 Å². The average Bonchev–Trinajstić information content (AvgIpc) is 2.86. The van der Waals surface area contributed by atoms with Crippen LogP contribution in [0.15, 0.2) is 84.0 Å². The summed E-state index contributed by atoms with van der Waals surface area (Å²) in [4.78, 5) is 47.2. The Kier molecular flexibility index (Phi) is 7.79. The van der Waals surface area contributed by atoms with Crippen molar-refractivity contribution in [3.8, 4) is 5.75 Å². The lowest BCUT2D eigenvalue weighted by molar-refractivity contribution is -0.385. The number of carbonyl (C=O) groups is 3. The number of benzene rings is 3. The van der Waals surface area contributed by atoms with Gasteiger partial charge in [0.25, 0.3) is 5.69 Å². The Morgan fingerprint density at radius 2 is 1.50 bits per heavy atom. The van der Waals surface area contributed by atoms with Crippen molar-refractivity contribution in [1.82, 2.24) is 10.7 Å². The van der Waals surface area contributed by atoms with Gasteiger partial charge in [-0.05, 0) is 30.7 Å². The zero-order valence-corrected chi connectivity index (χ0v) is 18.1. The van der Waals surface area contributed by atoms with E-state index in [2.05, 4.69) is 15.8 Å². The van der Waals surface area contributed by atoms with Gasteiger partial charge >= 0.3 is 17.8 Å². The molecule has 0 atom stereocenters. The molecule has 0 saturated carbocycles. The summed E-state index contributed by atoms with van der Waals surface area (Å²) in [7, 11) is 0. The number of nitrogens with zero attached hydrogens (tertiary/aromatic N) is 2. The quantitative estimate of drug-likeness (QED) is 0.139. The van der Waals surface area contributed by atoms with E-state index in [0.717, 1.165) is 5.56 Å². The molecule has 10 nitrogen and oxygen atoms in total. The van der Waals surface area contributed by atoms with Crippen LogP contribution in [0.4, 0.5) is 5.69 Å². The second kappa shape index (κ2) is 11.1. The standard InChI is InChI=1S/C24H20N4O6/c1-16(26-27-23(30)22(29)25-15-17-9-3-2-4-10-17)18-11-6-8-14-21(18)34-24(31)19-12-5-7-13-20(19)28(32)33/h2-14H,15H2,1H3,(H,25,29)(H,27,30)/b26-16+. The predicted molar refractivity (Wildman–Crippen MR) is 123 cm³/mol. The Morgan fingerprint density at radius 3 is 2.21 bits per heavy atom. The molecule has 10 heteroatoms. The molecular formula is C24H20N4O6. The molecular weight excluding hydrogens is 440 g/mol. The number of nitrogens with one attached hydrogen (secondary N) is 2. The zero-order chi connectivity index (χ0) is 24.5. The molecule has 34 heavy (non-hydrogen) atoms. The van der Waals surface area contributed by atoms with Gasteiger partial charge in [-0.25, -0.2) is 10.2 Å². The number of carbonyl (C=O) groups excluding carboxylic acids is 3. The summed E-state index contributed by atoms with van der Waals surface area (Å²) in [6.07, 6.45) is 0. The third kappa shape index (κ3) is 6.10. The molecule has 0 bridgehead atoms. The SMILES string of the molecule is C/C(=N\NC(=O)C(=O)NCc1ccccc1)c1ccccc1OC(=O)c1ccccc1[N+](=O)[O-]. The number of hydrazone groups is 1. The van der Waals surface area contributed by atoms with Crippen molar-refractivity contribution in [2.24, 2.45) is 5.10 Å². The van der Waals surface area contributed by atoms with Crippen LogP contribution in [0.1, 0.15) is 28.4 Å². The first kappa shape index (κ1) is 23.8. The highest BCUT2D eigenvalue weighted by molar-refractivity contribution is 6.35. The summed E-state index contributed by atoms with van der Waals surface area (Å²) in [5, 5.41) is 17.6. The van der Waals surface area contributed by atoms with Crippen LogP contribution in [-0.2, 0) is 16.1 Å². The van der Waals surface area contributed by atoms with Crippen LogP contribution in [0.5, 0.6) is 5.75 Å². The molecule has 0 saturated heterocycles. The summed E-state index contributed by atoms with van der Waals surface area (Å²) >= 11 is 0. The van der Waals surface area contributed by atoms with Gasteiger partial charge in [0.15, 0.2) is 0 Å². The lowest BCUT2D eigenvalue weighted by Gasteiger charge is -2.10. The van der Waals surface area contributed by atoms with Crippen molar-refractivity contribution in [2.75, 3.05) is 0 Å². The van der Waals surface area contributed by atoms with E-state index in [4.69, 9.17) is 4.74 Å². The van der Waals surface area contributed by atoms with Crippen molar-refractivity contribution < 1.29 is 24.0 Å². The van der Waals surface area contributed by atoms with Crippen LogP contribution in [0.3, 0.4) is 0 Å². The molecule has 0 fully saturated rings. The molecule has 0 radical (unpaired) electrons. The first-order valence-electron chi connectivity index (χ1n) is 10.1. The number of amides is 2. The van der Waals surface area contributed by atoms with Gasteiger partial charge < -0.3 is 10.1 Å². The lowest BCUT2D eigenvalue weighted by Crippen LogP contribution is -2.37. The van der Waals surface area contributed by atoms with E-state index in [9.17, 15) is 24.5 Å². The average molecular weight is 460 g/mol. The molecule has 2 amide bonds. The first-order chi connectivity index (χ1) is 16.4. The highest BCUT2D eigenvalue weighted by Gasteiger charge is 2.22. The number of rotatable bonds is 7. The molecule has 0 unspecified atom stereocenters. The van der Waals surface area contributed by atoms with E-state index in [1.165, 1.54) is 30.3 Å². The number of nitro groups is 1. The number of hydrogen-bond acceptors (Lipinski definition) is 7. The normalized spacial score (nSPS) is 10.8. The molecule has 2 N–H and O–H groups in total. The maximum absolute atomic E-state index is 12.6. The second-order valence-corrected chi connectivity index (χ2v) is 6.97. The molecule has 3 aromatic rings. The zero-order valence-electron chi connectivity index (χ0n) is 18.1. The highest BCUT2D eigenvalue weighted by Crippen LogP contribution is 2.23. The smallest absolute Gasteiger partial charge is 0.350 e. The third-order valence-electron chi connectivity index (χ3n) is 4.63. The van der Waals surface area contributed by atoms with E-state index in [1.807, 2.05) is 30.3 Å². The topological polar surface area (TPSA) is 140 Å². The van der Waals surface area contributed by atoms with E-state index in [0.29, 0.717) is 5.56 Å². The van der Waals surface area contributed by atoms with Crippen LogP contribution < -0.4 is 15.5 Å². The van der Waals surface area contributed by atoms with Gasteiger partial charge in [-0.3, -0.25) is 19.7 Å². The monoisotopic (exact) mass is 460 g/mol. The molecule has 0 aromatic heterocycles. The van der Waals surface area contributed by atoms with Crippen LogP contribution in [-0.4, -0.2) is 28.4 Å². The molecule has 3 rings (SSSR count). The van der Waals surface area contributed by atoms with Crippen LogP contribution in [0, 0.1) is 10.1 Å². The number of esters is 1. The summed E-state index contributed by atoms with van der Waals surface area (Å²) < 4.78 is 5.37. The van der Waals surface area contributed by atoms with Gasteiger partial charge in [0, 0.05) is 18.2 Å². The van der Waals surface area contributed by atoms with Gasteiger partial charge in [-0.2, -0.15) is 5.10 Å². The molecule has 0 aliphatic rings. The van der Waals surface area contributed by atoms with E-state index >= 15 is 0 Å². The van der Waals surface area contributed by atoms with E-state index in [1.54, 1.807) is 25.1 Å². The summed E-state index contributed by atoms with van der Waals surface area (Å²) in [5.74, 6) is -2.67. The highest BCUT2D eigenvalue weighted by atomic mass is 16.6. The molecule has 0 heterocycles. The van der Waals surface area contributed by atoms with Crippen molar-refractivity contribution in [3.63, 3.8) is 0 Å². The van der Waals surface area contributed by atoms with Crippen LogP contribution in [0.25, 0.3) is 0 Å². The molecule has 172 valence electrons. The third-order valence-corrected chi connectivity index (χ3v) is 4.63. The Balaban J connectivity index is 1.68. The van der Waals surface area contributed by atoms with Crippen molar-refractivity contribution >= 4 is 29.2 Å². The Morgan fingerprint density at radius 1 is 0.882 bits per heavy atom. The van der Waals surface area contributed by atoms with Gasteiger partial charge in [0.1, 0.15) is 11.3 Å². The Labute approximate surface area is 194 Å². The summed E-state index contributed by atoms with van der Waals surface area (Å²) in [5.41, 5.74) is 2.99. The van der Waals surface area contributed by atoms with Gasteiger partial charge in [0.2, 0.25) is 0 Å². The largest absolute Gasteiger partial charge is 0.422 e. The fourth-order valence-corrected chi connectivity index (χ4v) is 2.92. The van der Waals surface area contributed by atoms with Gasteiger partial charge in [-0.15, -0.1) is 0 Å². The van der Waals surface area contributed by atoms with Crippen LogP contribution in [0.2, 0.25) is 0 Å². The fraction of sp³-hybridized carbons (Fsp3) is 0.0833. The second-order valence-electron chi connectivity index (χ2n) is 6.97. The van der Waals surface area contributed by atoms with Gasteiger partial charge in [-0.1, -0.05) is 54.6 Å². The Hall–Kier alpha value is -4.86. The lowest BCUT2D eigenvalue weighted by atomic mass is 10.1. The molecule has 0 aliphatic heterocycles. The van der Waals surface area contributed by atoms with Crippen LogP contribution >= 0.6 is 0 Å². The number of ether oxygens (including phenoxy) is 1. The van der Waals surface area contributed by atoms with Crippen molar-refractivity contribution in [1.29, 1.82) is 0 Å². The van der Waals surface area contributed by atoms with E-state index in [-0.39, 0.29) is 29.3 Å². The fourth-order valence-electron chi connectivity index (χ4n) is 2.92. The molecule has 0 aliphatic carbocycles. The summed E-state index contributed by atoms with van der Waals surface area (Å²) in [6, 6.07) is 20.8. The van der Waals surface area contributed by atoms with E-state index < -0.39 is 22.7 Å². The minimum absolute atomic E-state index is 0.0784. The molecule has 0 spiro atoms. The van der Waals surface area contributed by atoms with Gasteiger partial charge in [0.05, 0.1) is 10.6 Å². The number of nitro benzene ring substituents is 1. The minimum Gasteiger partial charge on any atom is -0.422 e. The number of hydrogen-bond donors (Lipinski definition) is 2. The molecule has 3 aromatic carbocycles. The maximum Gasteiger partial charge on any atom is 0.350 e. The Bertz CT molecular complexity index is 1260. The minimum atomic E-state index is -0.968. The predicted octanol–water partition coefficient (Wildman–Crippen LogP) is 2.97. The summed E-state index contributed by atoms with van der Waals surface area (Å²) in [6.45, 7) is 1.72. The number of para-hydroxylation sites is 2. The van der Waals surface area contributed by atoms with Crippen molar-refractivity contribution in [2.45, 2.75) is 13.5 Å².